The summed E-state index contributed by atoms with van der Waals surface area (Å²) in [5.41, 5.74) is 7.18. The van der Waals surface area contributed by atoms with Crippen LogP contribution in [0.5, 0.6) is 0 Å². The zero-order valence-electron chi connectivity index (χ0n) is 10.4. The highest BCUT2D eigenvalue weighted by Gasteiger charge is 2.07. The molecule has 1 aromatic carbocycles. The summed E-state index contributed by atoms with van der Waals surface area (Å²) in [7, 11) is 0. The Kier molecular flexibility index (Phi) is 5.44. The van der Waals surface area contributed by atoms with Crippen molar-refractivity contribution in [3.05, 3.63) is 53.5 Å². The Morgan fingerprint density at radius 3 is 2.60 bits per heavy atom. The molecular weight excluding hydrogens is 278 g/mol. The third kappa shape index (κ3) is 3.93. The number of benzene rings is 1. The van der Waals surface area contributed by atoms with Gasteiger partial charge in [0.2, 0.25) is 0 Å². The van der Waals surface area contributed by atoms with Gasteiger partial charge in [-0.1, -0.05) is 12.1 Å². The average Bonchev–Trinajstić information content (AvgIpc) is 2.45. The molecule has 7 heteroatoms. The Morgan fingerprint density at radius 2 is 2.00 bits per heavy atom. The second-order valence-electron chi connectivity index (χ2n) is 3.82. The number of anilines is 1. The van der Waals surface area contributed by atoms with Crippen molar-refractivity contribution in [2.45, 2.75) is 6.54 Å². The molecule has 0 spiro atoms. The lowest BCUT2D eigenvalue weighted by atomic mass is 10.1. The monoisotopic (exact) mass is 289 g/mol. The lowest BCUT2D eigenvalue weighted by molar-refractivity contribution is 0.0946. The minimum Gasteiger partial charge on any atom is -0.384 e. The third-order valence-electron chi connectivity index (χ3n) is 2.46. The van der Waals surface area contributed by atoms with Crippen molar-refractivity contribution in [1.29, 1.82) is 5.26 Å². The van der Waals surface area contributed by atoms with Crippen LogP contribution in [0.2, 0.25) is 0 Å². The van der Waals surface area contributed by atoms with E-state index in [-0.39, 0.29) is 29.8 Å². The van der Waals surface area contributed by atoms with Crippen molar-refractivity contribution in [3.8, 4) is 6.07 Å². The highest BCUT2D eigenvalue weighted by atomic mass is 35.5. The van der Waals surface area contributed by atoms with Gasteiger partial charge in [-0.2, -0.15) is 5.26 Å². The van der Waals surface area contributed by atoms with Crippen molar-refractivity contribution in [1.82, 2.24) is 15.3 Å². The Labute approximate surface area is 122 Å². The molecule has 0 aliphatic carbocycles. The van der Waals surface area contributed by atoms with Crippen LogP contribution in [-0.4, -0.2) is 15.9 Å². The first-order chi connectivity index (χ1) is 9.19. The molecule has 6 nitrogen and oxygen atoms in total. The zero-order valence-corrected chi connectivity index (χ0v) is 11.2. The number of nitriles is 1. The van der Waals surface area contributed by atoms with Crippen molar-refractivity contribution in [2.24, 2.45) is 0 Å². The summed E-state index contributed by atoms with van der Waals surface area (Å²) in [6.45, 7) is 0.356. The number of aromatic nitrogens is 2. The second-order valence-corrected chi connectivity index (χ2v) is 3.82. The molecule has 0 atom stereocenters. The van der Waals surface area contributed by atoms with Gasteiger partial charge in [-0.3, -0.25) is 4.79 Å². The fraction of sp³-hybridized carbons (Fsp3) is 0.0769. The van der Waals surface area contributed by atoms with E-state index in [1.807, 2.05) is 6.07 Å². The summed E-state index contributed by atoms with van der Waals surface area (Å²) < 4.78 is 0. The van der Waals surface area contributed by atoms with Crippen LogP contribution >= 0.6 is 12.4 Å². The van der Waals surface area contributed by atoms with E-state index in [1.54, 1.807) is 24.3 Å². The van der Waals surface area contributed by atoms with Crippen LogP contribution < -0.4 is 11.1 Å². The average molecular weight is 290 g/mol. The summed E-state index contributed by atoms with van der Waals surface area (Å²) in [4.78, 5) is 19.3. The number of carbonyl (C=O) groups excluding carboxylic acids is 1. The van der Waals surface area contributed by atoms with E-state index in [0.29, 0.717) is 12.1 Å². The van der Waals surface area contributed by atoms with Crippen LogP contribution in [0, 0.1) is 11.3 Å². The maximum absolute atomic E-state index is 11.8. The van der Waals surface area contributed by atoms with Crippen molar-refractivity contribution in [3.63, 3.8) is 0 Å². The van der Waals surface area contributed by atoms with Gasteiger partial charge in [0.25, 0.3) is 5.91 Å². The minimum absolute atomic E-state index is 0. The van der Waals surface area contributed by atoms with Crippen LogP contribution in [0.3, 0.4) is 0 Å². The van der Waals surface area contributed by atoms with Gasteiger partial charge < -0.3 is 11.1 Å². The van der Waals surface area contributed by atoms with Gasteiger partial charge in [0.1, 0.15) is 17.8 Å². The first-order valence-corrected chi connectivity index (χ1v) is 5.54. The molecule has 102 valence electrons. The molecule has 0 aliphatic rings. The molecular formula is C13H12ClN5O. The quantitative estimate of drug-likeness (QED) is 0.885. The summed E-state index contributed by atoms with van der Waals surface area (Å²) >= 11 is 0. The molecule has 0 unspecified atom stereocenters. The standard InChI is InChI=1S/C13H11N5O.ClH/c14-6-9-1-3-10(4-2-9)7-16-13(19)11-5-12(15)18-8-17-11;/h1-5,8H,7H2,(H,16,19)(H2,15,17,18);1H. The molecule has 1 amide bonds. The smallest absolute Gasteiger partial charge is 0.270 e. The van der Waals surface area contributed by atoms with Gasteiger partial charge >= 0.3 is 0 Å². The Bertz CT molecular complexity index is 636. The van der Waals surface area contributed by atoms with Crippen molar-refractivity contribution >= 4 is 24.1 Å². The largest absolute Gasteiger partial charge is 0.384 e. The molecule has 2 aromatic rings. The predicted molar refractivity (Wildman–Crippen MR) is 76.0 cm³/mol. The second kappa shape index (κ2) is 7.07. The molecule has 0 saturated heterocycles. The number of nitrogens with one attached hydrogen (secondary N) is 1. The van der Waals surface area contributed by atoms with E-state index < -0.39 is 0 Å². The summed E-state index contributed by atoms with van der Waals surface area (Å²) in [6.07, 6.45) is 1.24. The number of carbonyl (C=O) groups is 1. The van der Waals surface area contributed by atoms with Crippen LogP contribution in [0.1, 0.15) is 21.6 Å². The molecule has 0 saturated carbocycles. The van der Waals surface area contributed by atoms with Crippen LogP contribution in [0.25, 0.3) is 0 Å². The van der Waals surface area contributed by atoms with Crippen LogP contribution in [0.15, 0.2) is 36.7 Å². The first kappa shape index (κ1) is 15.4. The molecule has 3 N–H and O–H groups in total. The van der Waals surface area contributed by atoms with Gasteiger partial charge in [-0.25, -0.2) is 9.97 Å². The number of nitrogens with zero attached hydrogens (tertiary/aromatic N) is 3. The van der Waals surface area contributed by atoms with Gasteiger partial charge in [-0.05, 0) is 17.7 Å². The van der Waals surface area contributed by atoms with Crippen LogP contribution in [-0.2, 0) is 6.54 Å². The van der Waals surface area contributed by atoms with Gasteiger partial charge in [0, 0.05) is 12.6 Å². The Morgan fingerprint density at radius 1 is 1.30 bits per heavy atom. The van der Waals surface area contributed by atoms with Gasteiger partial charge in [0.15, 0.2) is 0 Å². The first-order valence-electron chi connectivity index (χ1n) is 5.54. The SMILES string of the molecule is Cl.N#Cc1ccc(CNC(=O)c2cc(N)ncn2)cc1. The maximum atomic E-state index is 11.8. The molecule has 0 bridgehead atoms. The van der Waals surface area contributed by atoms with E-state index in [0.717, 1.165) is 5.56 Å². The molecule has 1 aromatic heterocycles. The van der Waals surface area contributed by atoms with E-state index in [4.69, 9.17) is 11.0 Å². The van der Waals surface area contributed by atoms with Crippen molar-refractivity contribution < 1.29 is 4.79 Å². The molecule has 0 fully saturated rings. The number of hydrogen-bond acceptors (Lipinski definition) is 5. The lowest BCUT2D eigenvalue weighted by Gasteiger charge is -2.05. The number of halogens is 1. The fourth-order valence-electron chi connectivity index (χ4n) is 1.47. The number of nitrogen functional groups attached to an aromatic ring is 1. The summed E-state index contributed by atoms with van der Waals surface area (Å²) in [5, 5.41) is 11.4. The predicted octanol–water partition coefficient (Wildman–Crippen LogP) is 1.28. The summed E-state index contributed by atoms with van der Waals surface area (Å²) in [5.74, 6) is -0.0722. The minimum atomic E-state index is -0.321. The zero-order chi connectivity index (χ0) is 13.7. The number of nitrogens with two attached hydrogens (primary N) is 1. The van der Waals surface area contributed by atoms with Crippen LogP contribution in [0.4, 0.5) is 5.82 Å². The van der Waals surface area contributed by atoms with E-state index in [9.17, 15) is 4.79 Å². The lowest BCUT2D eigenvalue weighted by Crippen LogP contribution is -2.24. The van der Waals surface area contributed by atoms with Crippen molar-refractivity contribution in [2.75, 3.05) is 5.73 Å². The molecule has 20 heavy (non-hydrogen) atoms. The third-order valence-corrected chi connectivity index (χ3v) is 2.46. The highest BCUT2D eigenvalue weighted by molar-refractivity contribution is 5.92. The molecule has 1 heterocycles. The fourth-order valence-corrected chi connectivity index (χ4v) is 1.47. The van der Waals surface area contributed by atoms with Gasteiger partial charge in [0.05, 0.1) is 11.6 Å². The van der Waals surface area contributed by atoms with E-state index in [1.165, 1.54) is 12.4 Å². The van der Waals surface area contributed by atoms with Gasteiger partial charge in [-0.15, -0.1) is 12.4 Å². The Hall–Kier alpha value is -2.65. The van der Waals surface area contributed by atoms with E-state index >= 15 is 0 Å². The highest BCUT2D eigenvalue weighted by Crippen LogP contribution is 2.04. The normalized spacial score (nSPS) is 9.15. The molecule has 0 radical (unpaired) electrons. The number of rotatable bonds is 3. The topological polar surface area (TPSA) is 105 Å². The number of amides is 1. The van der Waals surface area contributed by atoms with E-state index in [2.05, 4.69) is 15.3 Å². The summed E-state index contributed by atoms with van der Waals surface area (Å²) in [6, 6.07) is 10.4. The molecule has 2 rings (SSSR count). The Balaban J connectivity index is 0.00000200. The number of hydrogen-bond donors (Lipinski definition) is 2. The maximum Gasteiger partial charge on any atom is 0.270 e. The molecule has 0 aliphatic heterocycles.